The smallest absolute Gasteiger partial charge is 0.177 e. The number of ether oxygens (including phenoxy) is 2. The third kappa shape index (κ3) is 5.86. The number of hydrogen-bond donors (Lipinski definition) is 0. The van der Waals surface area contributed by atoms with Gasteiger partial charge in [0.15, 0.2) is 11.5 Å². The molecule has 218 valence electrons. The minimum absolute atomic E-state index is 0.179. The summed E-state index contributed by atoms with van der Waals surface area (Å²) >= 11 is 0. The van der Waals surface area contributed by atoms with Gasteiger partial charge in [-0.1, -0.05) is 38.9 Å². The Labute approximate surface area is 238 Å². The molecule has 40 heavy (non-hydrogen) atoms. The number of pyridine rings is 1. The van der Waals surface area contributed by atoms with Crippen molar-refractivity contribution in [3.8, 4) is 5.82 Å². The number of aromatic nitrogens is 5. The third-order valence-electron chi connectivity index (χ3n) is 8.47. The van der Waals surface area contributed by atoms with E-state index in [9.17, 15) is 4.21 Å². The van der Waals surface area contributed by atoms with Crippen LogP contribution in [0.5, 0.6) is 0 Å². The van der Waals surface area contributed by atoms with E-state index in [-0.39, 0.29) is 11.5 Å². The van der Waals surface area contributed by atoms with Gasteiger partial charge < -0.3 is 14.4 Å². The van der Waals surface area contributed by atoms with Crippen LogP contribution in [-0.4, -0.2) is 80.7 Å². The molecule has 3 aromatic rings. The number of anilines is 1. The van der Waals surface area contributed by atoms with Crippen molar-refractivity contribution in [3.63, 3.8) is 0 Å². The van der Waals surface area contributed by atoms with E-state index < -0.39 is 17.8 Å². The summed E-state index contributed by atoms with van der Waals surface area (Å²) in [7, 11) is -3.43. The Morgan fingerprint density at radius 1 is 1.20 bits per heavy atom. The summed E-state index contributed by atoms with van der Waals surface area (Å²) in [5, 5.41) is 10.2. The summed E-state index contributed by atoms with van der Waals surface area (Å²) in [5.74, 6) is 2.91. The Morgan fingerprint density at radius 3 is 2.75 bits per heavy atom. The SMILES string of the molecule is C[C@@H]1COCCN1c1cc(N=S2(=O)CC3(CCCCC3)C2)c2cnn(-c3ccn(COCC[Si](C)(C)C)n3)c2n1. The summed E-state index contributed by atoms with van der Waals surface area (Å²) in [6.07, 6.45) is 9.86. The van der Waals surface area contributed by atoms with Crippen LogP contribution in [0.4, 0.5) is 11.5 Å². The zero-order chi connectivity index (χ0) is 28.0. The first kappa shape index (κ1) is 27.9. The van der Waals surface area contributed by atoms with Gasteiger partial charge in [-0.2, -0.15) is 19.2 Å². The average molecular weight is 586 g/mol. The highest BCUT2D eigenvalue weighted by atomic mass is 32.2. The Bertz CT molecular complexity index is 1470. The van der Waals surface area contributed by atoms with Crippen molar-refractivity contribution in [2.75, 3.05) is 42.8 Å². The lowest BCUT2D eigenvalue weighted by Crippen LogP contribution is -2.49. The van der Waals surface area contributed by atoms with Gasteiger partial charge in [-0.25, -0.2) is 13.9 Å². The molecule has 3 fully saturated rings. The van der Waals surface area contributed by atoms with Gasteiger partial charge in [0.25, 0.3) is 0 Å². The topological polar surface area (TPSA) is 99.7 Å². The molecule has 6 rings (SSSR count). The number of fused-ring (bicyclic) bond motifs is 1. The van der Waals surface area contributed by atoms with E-state index in [1.165, 1.54) is 32.1 Å². The molecule has 1 aliphatic carbocycles. The lowest BCUT2D eigenvalue weighted by atomic mass is 9.76. The highest BCUT2D eigenvalue weighted by Gasteiger charge is 2.47. The largest absolute Gasteiger partial charge is 0.377 e. The first-order chi connectivity index (χ1) is 19.1. The fourth-order valence-electron chi connectivity index (χ4n) is 6.25. The zero-order valence-electron chi connectivity index (χ0n) is 24.3. The molecule has 0 N–H and O–H groups in total. The van der Waals surface area contributed by atoms with Crippen LogP contribution in [0.25, 0.3) is 16.9 Å². The number of hydrogen-bond acceptors (Lipinski definition) is 8. The van der Waals surface area contributed by atoms with Crippen LogP contribution in [0.15, 0.2) is 28.9 Å². The van der Waals surface area contributed by atoms with Gasteiger partial charge in [0.1, 0.15) is 12.5 Å². The minimum Gasteiger partial charge on any atom is -0.377 e. The maximum Gasteiger partial charge on any atom is 0.177 e. The average Bonchev–Trinajstić information content (AvgIpc) is 3.53. The summed E-state index contributed by atoms with van der Waals surface area (Å²) in [5.41, 5.74) is 1.63. The lowest BCUT2D eigenvalue weighted by Gasteiger charge is -2.46. The second-order valence-corrected chi connectivity index (χ2v) is 21.1. The molecule has 2 saturated heterocycles. The third-order valence-corrected chi connectivity index (χ3v) is 12.8. The highest BCUT2D eigenvalue weighted by Crippen LogP contribution is 2.47. The van der Waals surface area contributed by atoms with Crippen molar-refractivity contribution in [2.45, 2.75) is 77.5 Å². The van der Waals surface area contributed by atoms with Crippen molar-refractivity contribution >= 4 is 40.3 Å². The molecular weight excluding hydrogens is 543 g/mol. The molecule has 1 atom stereocenters. The van der Waals surface area contributed by atoms with Crippen LogP contribution >= 0.6 is 0 Å². The van der Waals surface area contributed by atoms with Crippen molar-refractivity contribution in [3.05, 3.63) is 24.5 Å². The minimum atomic E-state index is -2.29. The Hall–Kier alpha value is -2.28. The molecule has 10 nitrogen and oxygen atoms in total. The second kappa shape index (κ2) is 10.8. The molecule has 0 bridgehead atoms. The van der Waals surface area contributed by atoms with Crippen LogP contribution in [0.1, 0.15) is 39.0 Å². The molecule has 5 heterocycles. The Kier molecular flexibility index (Phi) is 7.56. The molecular formula is C28H43N7O3SSi. The summed E-state index contributed by atoms with van der Waals surface area (Å²) < 4.78 is 34.0. The van der Waals surface area contributed by atoms with E-state index in [1.807, 2.05) is 18.3 Å². The van der Waals surface area contributed by atoms with E-state index in [2.05, 4.69) is 36.6 Å². The van der Waals surface area contributed by atoms with Gasteiger partial charge in [-0.3, -0.25) is 0 Å². The molecule has 0 radical (unpaired) electrons. The van der Waals surface area contributed by atoms with Gasteiger partial charge in [0, 0.05) is 51.1 Å². The molecule has 0 amide bonds. The molecule has 0 unspecified atom stereocenters. The Balaban J connectivity index is 1.32. The van der Waals surface area contributed by atoms with Gasteiger partial charge in [-0.05, 0) is 31.2 Å². The van der Waals surface area contributed by atoms with E-state index in [4.69, 9.17) is 23.9 Å². The van der Waals surface area contributed by atoms with Crippen molar-refractivity contribution in [1.82, 2.24) is 24.5 Å². The normalized spacial score (nSPS) is 22.5. The van der Waals surface area contributed by atoms with Crippen LogP contribution in [0.3, 0.4) is 0 Å². The van der Waals surface area contributed by atoms with E-state index in [0.29, 0.717) is 42.9 Å². The number of morpholine rings is 1. The van der Waals surface area contributed by atoms with E-state index >= 15 is 0 Å². The predicted molar refractivity (Wildman–Crippen MR) is 162 cm³/mol. The molecule has 2 aliphatic heterocycles. The summed E-state index contributed by atoms with van der Waals surface area (Å²) in [4.78, 5) is 7.31. The fraction of sp³-hybridized carbons (Fsp3) is 0.679. The maximum atomic E-state index is 13.9. The standard InChI is InChI=1S/C28H43N7O3SSi/c1-22-18-37-13-12-34(22)26-16-24(32-39(36)19-28(20-39)9-6-5-7-10-28)23-17-29-35(27(23)30-26)25-8-11-33(31-25)21-38-14-15-40(2,3)4/h8,11,16-17,22H,5-7,9-10,12-15,18-21H2,1-4H3/t22-/m1/s1. The quantitative estimate of drug-likeness (QED) is 0.264. The predicted octanol–water partition coefficient (Wildman–Crippen LogP) is 5.22. The molecule has 1 spiro atoms. The molecule has 12 heteroatoms. The molecule has 3 aromatic heterocycles. The molecule has 3 aliphatic rings. The molecule has 0 aromatic carbocycles. The van der Waals surface area contributed by atoms with Gasteiger partial charge in [-0.15, -0.1) is 0 Å². The van der Waals surface area contributed by atoms with Gasteiger partial charge >= 0.3 is 0 Å². The monoisotopic (exact) mass is 585 g/mol. The number of nitrogens with zero attached hydrogens (tertiary/aromatic N) is 7. The second-order valence-electron chi connectivity index (χ2n) is 13.2. The zero-order valence-corrected chi connectivity index (χ0v) is 26.2. The van der Waals surface area contributed by atoms with Gasteiger partial charge in [0.05, 0.1) is 46.3 Å². The van der Waals surface area contributed by atoms with Crippen molar-refractivity contribution < 1.29 is 13.7 Å². The van der Waals surface area contributed by atoms with E-state index in [1.54, 1.807) is 15.6 Å². The van der Waals surface area contributed by atoms with Crippen molar-refractivity contribution in [2.24, 2.45) is 9.78 Å². The highest BCUT2D eigenvalue weighted by molar-refractivity contribution is 7.95. The van der Waals surface area contributed by atoms with Gasteiger partial charge in [0.2, 0.25) is 0 Å². The van der Waals surface area contributed by atoms with Crippen LogP contribution in [0.2, 0.25) is 25.7 Å². The summed E-state index contributed by atoms with van der Waals surface area (Å²) in [6, 6.07) is 5.22. The van der Waals surface area contributed by atoms with Crippen LogP contribution in [-0.2, 0) is 25.9 Å². The first-order valence-corrected chi connectivity index (χ1v) is 20.3. The Morgan fingerprint density at radius 2 is 2.00 bits per heavy atom. The molecule has 1 saturated carbocycles. The number of rotatable bonds is 8. The first-order valence-electron chi connectivity index (χ1n) is 14.7. The van der Waals surface area contributed by atoms with Crippen molar-refractivity contribution in [1.29, 1.82) is 0 Å². The van der Waals surface area contributed by atoms with Crippen LogP contribution < -0.4 is 4.90 Å². The fourth-order valence-corrected chi connectivity index (χ4v) is 10.1. The lowest BCUT2D eigenvalue weighted by molar-refractivity contribution is 0.0785. The van der Waals surface area contributed by atoms with E-state index in [0.717, 1.165) is 36.1 Å². The summed E-state index contributed by atoms with van der Waals surface area (Å²) in [6.45, 7) is 12.4. The maximum absolute atomic E-state index is 13.9. The van der Waals surface area contributed by atoms with Crippen LogP contribution in [0, 0.1) is 5.41 Å².